The van der Waals surface area contributed by atoms with Crippen LogP contribution in [0.15, 0.2) is 60.7 Å². The molecule has 5 aliphatic rings. The second kappa shape index (κ2) is 15.3. The molecular weight excluding hydrogens is 742 g/mol. The Morgan fingerprint density at radius 2 is 1.38 bits per heavy atom. The third kappa shape index (κ3) is 7.44. The van der Waals surface area contributed by atoms with Gasteiger partial charge in [0.1, 0.15) is 59.6 Å². The van der Waals surface area contributed by atoms with Gasteiger partial charge < -0.3 is 56.6 Å². The molecule has 2 saturated heterocycles. The number of unbranched alkanes of at least 4 members (excludes halogenated alkanes) is 1. The molecule has 56 heavy (non-hydrogen) atoms. The van der Waals surface area contributed by atoms with Crippen LogP contribution in [0.25, 0.3) is 0 Å². The van der Waals surface area contributed by atoms with Gasteiger partial charge in [-0.2, -0.15) is 0 Å². The van der Waals surface area contributed by atoms with Crippen LogP contribution in [0.3, 0.4) is 0 Å². The summed E-state index contributed by atoms with van der Waals surface area (Å²) in [5, 5.41) is 0. The van der Waals surface area contributed by atoms with Crippen molar-refractivity contribution in [3.05, 3.63) is 82.9 Å². The molecule has 0 N–H and O–H groups in total. The van der Waals surface area contributed by atoms with Crippen molar-refractivity contribution >= 4 is 13.8 Å². The second-order valence-corrected chi connectivity index (χ2v) is 16.4. The molecular formula is C40H46LiO14P. The topological polar surface area (TPSA) is 159 Å². The number of phosphoric acid groups is 1. The van der Waals surface area contributed by atoms with Gasteiger partial charge in [0.2, 0.25) is 0 Å². The van der Waals surface area contributed by atoms with E-state index < -0.39 is 73.9 Å². The summed E-state index contributed by atoms with van der Waals surface area (Å²) in [7, 11) is -5.19. The number of hydrogen-bond acceptors (Lipinski definition) is 14. The Bertz CT molecular complexity index is 1970. The average Bonchev–Trinajstić information content (AvgIpc) is 3.73. The predicted molar refractivity (Wildman–Crippen MR) is 192 cm³/mol. The molecule has 0 bridgehead atoms. The van der Waals surface area contributed by atoms with Gasteiger partial charge in [0.15, 0.2) is 23.5 Å². The number of benzene rings is 3. The van der Waals surface area contributed by atoms with Crippen LogP contribution in [0, 0.1) is 0 Å². The molecule has 9 atom stereocenters. The molecule has 1 spiro atoms. The SMILES string of the molecule is CCCCOc1ccc2c(c1)Oc1cc(OP(=O)([O-])OC3[C@@H]4OC(C)(C)O[C@@H]4C(OC(C)OCC)[C@@H]4OC(C)(C)O[C@@H]34)ccc1C21OC(=O)c2ccccc21.[Li+]. The number of ether oxygens (including phenoxy) is 9. The molecule has 0 radical (unpaired) electrons. The van der Waals surface area contributed by atoms with Crippen molar-refractivity contribution in [2.75, 3.05) is 13.2 Å². The van der Waals surface area contributed by atoms with E-state index in [0.717, 1.165) is 12.8 Å². The molecule has 5 unspecified atom stereocenters. The van der Waals surface area contributed by atoms with Gasteiger partial charge >= 0.3 is 32.7 Å². The van der Waals surface area contributed by atoms with E-state index in [-0.39, 0.29) is 30.4 Å². The van der Waals surface area contributed by atoms with E-state index >= 15 is 0 Å². The van der Waals surface area contributed by atoms with E-state index in [1.807, 2.05) is 31.2 Å². The molecule has 16 heteroatoms. The fraction of sp³-hybridized carbons (Fsp3) is 0.525. The van der Waals surface area contributed by atoms with Crippen LogP contribution in [0.5, 0.6) is 23.0 Å². The van der Waals surface area contributed by atoms with Crippen molar-refractivity contribution in [2.45, 2.75) is 121 Å². The van der Waals surface area contributed by atoms with Crippen LogP contribution in [0.4, 0.5) is 0 Å². The van der Waals surface area contributed by atoms with Crippen molar-refractivity contribution in [3.63, 3.8) is 0 Å². The van der Waals surface area contributed by atoms with Crippen LogP contribution in [-0.2, 0) is 47.8 Å². The van der Waals surface area contributed by atoms with Crippen LogP contribution in [0.1, 0.15) is 88.4 Å². The second-order valence-electron chi connectivity index (χ2n) is 15.1. The number of carbonyl (C=O) groups excluding carboxylic acids is 1. The summed E-state index contributed by atoms with van der Waals surface area (Å²) in [6.07, 6.45) is -4.29. The Kier molecular flexibility index (Phi) is 11.3. The Morgan fingerprint density at radius 3 is 1.98 bits per heavy atom. The van der Waals surface area contributed by atoms with Crippen LogP contribution < -0.4 is 37.8 Å². The third-order valence-electron chi connectivity index (χ3n) is 10.3. The standard InChI is InChI=1S/C40H47O14P.Li/c1-8-10-19-45-23-15-17-27-29(20-23)47-30-21-24(16-18-28(30)40(27)26-14-12-11-13-25(26)37(41)52-40)53-55(42,43)54-36-34-32(48-38(4,5)50-34)31(46-22(3)44-9-2)33-35(36)51-39(6,7)49-33;/h11-18,20-22,31-36H,8-10,19H2,1-7H3,(H,42,43);/q;+1/p-1/t22?,31?,32-,33+,34-,35-,36?,40?;/m1./s1. The van der Waals surface area contributed by atoms with Crippen molar-refractivity contribution in [2.24, 2.45) is 0 Å². The summed E-state index contributed by atoms with van der Waals surface area (Å²) in [4.78, 5) is 27.2. The summed E-state index contributed by atoms with van der Waals surface area (Å²) >= 11 is 0. The fourth-order valence-corrected chi connectivity index (χ4v) is 9.16. The van der Waals surface area contributed by atoms with Crippen molar-refractivity contribution in [1.29, 1.82) is 0 Å². The normalized spacial score (nSPS) is 30.3. The van der Waals surface area contributed by atoms with Crippen LogP contribution in [0.2, 0.25) is 0 Å². The molecule has 0 amide bonds. The van der Waals surface area contributed by atoms with E-state index in [1.54, 1.807) is 58.9 Å². The van der Waals surface area contributed by atoms with Crippen molar-refractivity contribution in [1.82, 2.24) is 0 Å². The van der Waals surface area contributed by atoms with Gasteiger partial charge in [0, 0.05) is 35.4 Å². The van der Waals surface area contributed by atoms with Gasteiger partial charge in [-0.25, -0.2) is 4.79 Å². The number of hydrogen-bond donors (Lipinski definition) is 0. The van der Waals surface area contributed by atoms with Gasteiger partial charge in [0.05, 0.1) is 12.2 Å². The zero-order valence-corrected chi connectivity index (χ0v) is 33.7. The Morgan fingerprint density at radius 1 is 0.804 bits per heavy atom. The number of rotatable bonds is 12. The summed E-state index contributed by atoms with van der Waals surface area (Å²) < 4.78 is 81.0. The van der Waals surface area contributed by atoms with E-state index in [9.17, 15) is 14.3 Å². The Labute approximate surface area is 338 Å². The number of carbonyl (C=O) groups is 1. The molecule has 1 saturated carbocycles. The molecule has 3 aromatic carbocycles. The summed E-state index contributed by atoms with van der Waals surface area (Å²) in [5.41, 5.74) is 0.733. The van der Waals surface area contributed by atoms with Gasteiger partial charge in [-0.3, -0.25) is 4.57 Å². The molecule has 14 nitrogen and oxygen atoms in total. The van der Waals surface area contributed by atoms with Crippen LogP contribution in [-0.4, -0.2) is 73.7 Å². The fourth-order valence-electron chi connectivity index (χ4n) is 8.21. The smallest absolute Gasteiger partial charge is 0.746 e. The Hall–Kier alpha value is -2.96. The summed E-state index contributed by atoms with van der Waals surface area (Å²) in [6.45, 7) is 13.5. The molecule has 8 rings (SSSR count). The van der Waals surface area contributed by atoms with E-state index in [4.69, 9.17) is 51.7 Å². The Balaban J connectivity index is 0.00000480. The first-order valence-corrected chi connectivity index (χ1v) is 20.2. The zero-order valence-electron chi connectivity index (χ0n) is 32.8. The quantitative estimate of drug-likeness (QED) is 0.0864. The first-order chi connectivity index (χ1) is 26.1. The zero-order chi connectivity index (χ0) is 38.9. The number of fused-ring (bicyclic) bond motifs is 8. The van der Waals surface area contributed by atoms with Crippen molar-refractivity contribution < 1.29 is 84.8 Å². The third-order valence-corrected chi connectivity index (χ3v) is 11.2. The van der Waals surface area contributed by atoms with Gasteiger partial charge in [-0.1, -0.05) is 31.5 Å². The summed E-state index contributed by atoms with van der Waals surface area (Å²) in [6, 6.07) is 17.0. The van der Waals surface area contributed by atoms with Crippen molar-refractivity contribution in [3.8, 4) is 23.0 Å². The largest absolute Gasteiger partial charge is 1.00 e. The molecule has 3 aromatic rings. The van der Waals surface area contributed by atoms with E-state index in [0.29, 0.717) is 47.0 Å². The molecule has 4 aliphatic heterocycles. The number of phosphoric ester groups is 1. The maximum atomic E-state index is 13.9. The molecule has 296 valence electrons. The van der Waals surface area contributed by atoms with Gasteiger partial charge in [0.25, 0.3) is 0 Å². The van der Waals surface area contributed by atoms with Crippen LogP contribution >= 0.6 is 7.82 Å². The molecule has 3 fully saturated rings. The predicted octanol–water partition coefficient (Wildman–Crippen LogP) is 3.49. The molecule has 4 heterocycles. The minimum Gasteiger partial charge on any atom is -0.746 e. The molecule has 1 aliphatic carbocycles. The summed E-state index contributed by atoms with van der Waals surface area (Å²) in [5.74, 6) is -1.66. The maximum Gasteiger partial charge on any atom is 1.00 e. The minimum atomic E-state index is -5.19. The monoisotopic (exact) mass is 788 g/mol. The van der Waals surface area contributed by atoms with E-state index in [1.165, 1.54) is 12.1 Å². The van der Waals surface area contributed by atoms with Gasteiger partial charge in [-0.15, -0.1) is 0 Å². The first-order valence-electron chi connectivity index (χ1n) is 18.7. The first kappa shape index (κ1) is 41.2. The average molecular weight is 789 g/mol. The maximum absolute atomic E-state index is 13.9. The number of esters is 1. The van der Waals surface area contributed by atoms with Gasteiger partial charge in [-0.05, 0) is 78.3 Å². The molecule has 0 aromatic heterocycles. The van der Waals surface area contributed by atoms with E-state index in [2.05, 4.69) is 6.92 Å². The minimum absolute atomic E-state index is 0.